The molecule has 0 amide bonds. The molecule has 1 aliphatic carbocycles. The summed E-state index contributed by atoms with van der Waals surface area (Å²) in [7, 11) is 1.66. The van der Waals surface area contributed by atoms with Crippen molar-refractivity contribution in [3.05, 3.63) is 0 Å². The number of nitrogens with zero attached hydrogens (tertiary/aromatic N) is 1. The first-order valence-corrected chi connectivity index (χ1v) is 6.51. The molecule has 14 heavy (non-hydrogen) atoms. The van der Waals surface area contributed by atoms with Crippen LogP contribution in [0.1, 0.15) is 39.0 Å². The summed E-state index contributed by atoms with van der Waals surface area (Å²) in [4.78, 5) is 4.96. The Morgan fingerprint density at radius 2 is 2.14 bits per heavy atom. The molecule has 3 heteroatoms. The number of thioether (sulfide) groups is 1. The second-order valence-electron chi connectivity index (χ2n) is 4.35. The van der Waals surface area contributed by atoms with Crippen molar-refractivity contribution in [1.29, 1.82) is 0 Å². The molecule has 0 bridgehead atoms. The number of oxime groups is 1. The molecule has 1 heterocycles. The van der Waals surface area contributed by atoms with Crippen molar-refractivity contribution in [2.24, 2.45) is 11.1 Å². The lowest BCUT2D eigenvalue weighted by Crippen LogP contribution is -2.36. The average Bonchev–Trinajstić information content (AvgIpc) is 2.18. The second-order valence-corrected chi connectivity index (χ2v) is 6.03. The predicted octanol–water partition coefficient (Wildman–Crippen LogP) is 3.07. The zero-order chi connectivity index (χ0) is 9.97. The van der Waals surface area contributed by atoms with Crippen molar-refractivity contribution in [3.63, 3.8) is 0 Å². The molecule has 0 radical (unpaired) electrons. The molecule has 2 nitrogen and oxygen atoms in total. The van der Waals surface area contributed by atoms with Gasteiger partial charge in [-0.2, -0.15) is 11.8 Å². The molecule has 0 aromatic carbocycles. The molecule has 80 valence electrons. The summed E-state index contributed by atoms with van der Waals surface area (Å²) in [6, 6.07) is 0. The van der Waals surface area contributed by atoms with E-state index in [9.17, 15) is 0 Å². The fourth-order valence-corrected chi connectivity index (χ4v) is 4.30. The third-order valence-corrected chi connectivity index (χ3v) is 4.79. The van der Waals surface area contributed by atoms with Crippen molar-refractivity contribution in [3.8, 4) is 0 Å². The van der Waals surface area contributed by atoms with E-state index in [0.717, 1.165) is 16.9 Å². The summed E-state index contributed by atoms with van der Waals surface area (Å²) in [5, 5.41) is 5.77. The van der Waals surface area contributed by atoms with Gasteiger partial charge < -0.3 is 4.84 Å². The third kappa shape index (κ3) is 2.08. The van der Waals surface area contributed by atoms with Gasteiger partial charge in [-0.15, -0.1) is 0 Å². The minimum absolute atomic E-state index is 0.713. The van der Waals surface area contributed by atoms with Crippen molar-refractivity contribution < 1.29 is 4.84 Å². The van der Waals surface area contributed by atoms with Crippen LogP contribution < -0.4 is 0 Å². The molecule has 0 aromatic heterocycles. The molecular formula is C11H19NOS. The first kappa shape index (κ1) is 10.3. The first-order chi connectivity index (χ1) is 6.81. The molecular weight excluding hydrogens is 194 g/mol. The van der Waals surface area contributed by atoms with E-state index in [1.54, 1.807) is 7.11 Å². The van der Waals surface area contributed by atoms with Gasteiger partial charge in [-0.05, 0) is 12.8 Å². The third-order valence-electron chi connectivity index (χ3n) is 3.24. The van der Waals surface area contributed by atoms with E-state index in [-0.39, 0.29) is 0 Å². The highest BCUT2D eigenvalue weighted by atomic mass is 32.2. The quantitative estimate of drug-likeness (QED) is 0.624. The van der Waals surface area contributed by atoms with Gasteiger partial charge in [-0.25, -0.2) is 0 Å². The summed E-state index contributed by atoms with van der Waals surface area (Å²) >= 11 is 2.16. The summed E-state index contributed by atoms with van der Waals surface area (Å²) in [6.45, 7) is 2.31. The molecule has 2 fully saturated rings. The monoisotopic (exact) mass is 213 g/mol. The summed E-state index contributed by atoms with van der Waals surface area (Å²) in [5.74, 6) is 0.713. The van der Waals surface area contributed by atoms with Crippen LogP contribution in [0.2, 0.25) is 0 Å². The molecule has 1 aliphatic heterocycles. The molecule has 3 unspecified atom stereocenters. The van der Waals surface area contributed by atoms with E-state index in [1.165, 1.54) is 31.4 Å². The van der Waals surface area contributed by atoms with Gasteiger partial charge in [0.1, 0.15) is 7.11 Å². The largest absolute Gasteiger partial charge is 0.399 e. The van der Waals surface area contributed by atoms with Crippen molar-refractivity contribution in [2.75, 3.05) is 7.11 Å². The molecule has 0 spiro atoms. The van der Waals surface area contributed by atoms with Crippen LogP contribution in [-0.4, -0.2) is 23.3 Å². The van der Waals surface area contributed by atoms with Crippen molar-refractivity contribution in [1.82, 2.24) is 0 Å². The SMILES string of the molecule is CO/N=C1\CC(C)SC2CCCCC12. The number of rotatable bonds is 1. The normalized spacial score (nSPS) is 40.7. The fourth-order valence-electron chi connectivity index (χ4n) is 2.66. The van der Waals surface area contributed by atoms with Gasteiger partial charge in [0.25, 0.3) is 0 Å². The van der Waals surface area contributed by atoms with Crippen LogP contribution >= 0.6 is 11.8 Å². The second kappa shape index (κ2) is 4.56. The van der Waals surface area contributed by atoms with E-state index in [2.05, 4.69) is 23.8 Å². The van der Waals surface area contributed by atoms with E-state index in [0.29, 0.717) is 5.92 Å². The Morgan fingerprint density at radius 1 is 1.36 bits per heavy atom. The molecule has 0 aromatic rings. The Bertz CT molecular complexity index is 229. The minimum atomic E-state index is 0.713. The predicted molar refractivity (Wildman–Crippen MR) is 61.9 cm³/mol. The first-order valence-electron chi connectivity index (χ1n) is 5.56. The molecule has 3 atom stereocenters. The van der Waals surface area contributed by atoms with Crippen LogP contribution in [0.4, 0.5) is 0 Å². The fraction of sp³-hybridized carbons (Fsp3) is 0.909. The average molecular weight is 213 g/mol. The van der Waals surface area contributed by atoms with Crippen LogP contribution in [0.3, 0.4) is 0 Å². The maximum Gasteiger partial charge on any atom is 0.106 e. The van der Waals surface area contributed by atoms with Gasteiger partial charge in [0, 0.05) is 22.8 Å². The van der Waals surface area contributed by atoms with Gasteiger partial charge in [0.15, 0.2) is 0 Å². The Kier molecular flexibility index (Phi) is 3.37. The highest BCUT2D eigenvalue weighted by Gasteiger charge is 2.35. The van der Waals surface area contributed by atoms with Crippen molar-refractivity contribution >= 4 is 17.5 Å². The van der Waals surface area contributed by atoms with E-state index in [4.69, 9.17) is 4.84 Å². The lowest BCUT2D eigenvalue weighted by molar-refractivity contribution is 0.208. The Hall–Kier alpha value is -0.180. The Labute approximate surface area is 90.5 Å². The van der Waals surface area contributed by atoms with Gasteiger partial charge in [0.2, 0.25) is 0 Å². The highest BCUT2D eigenvalue weighted by molar-refractivity contribution is 8.00. The van der Waals surface area contributed by atoms with E-state index in [1.807, 2.05) is 0 Å². The Morgan fingerprint density at radius 3 is 2.93 bits per heavy atom. The standard InChI is InChI=1S/C11H19NOS/c1-8-7-10(12-13-2)9-5-3-4-6-11(9)14-8/h8-9,11H,3-7H2,1-2H3/b12-10+. The zero-order valence-corrected chi connectivity index (χ0v) is 9.85. The zero-order valence-electron chi connectivity index (χ0n) is 9.03. The lowest BCUT2D eigenvalue weighted by atomic mass is 9.83. The maximum atomic E-state index is 4.96. The Balaban J connectivity index is 2.11. The molecule has 2 aliphatic rings. The van der Waals surface area contributed by atoms with Crippen LogP contribution in [-0.2, 0) is 4.84 Å². The lowest BCUT2D eigenvalue weighted by Gasteiger charge is -2.38. The van der Waals surface area contributed by atoms with Crippen molar-refractivity contribution in [2.45, 2.75) is 49.5 Å². The highest BCUT2D eigenvalue weighted by Crippen LogP contribution is 2.42. The van der Waals surface area contributed by atoms with Crippen LogP contribution in [0.25, 0.3) is 0 Å². The smallest absolute Gasteiger partial charge is 0.106 e. The molecule has 1 saturated carbocycles. The summed E-state index contributed by atoms with van der Waals surface area (Å²) < 4.78 is 0. The number of hydrogen-bond acceptors (Lipinski definition) is 3. The van der Waals surface area contributed by atoms with Gasteiger partial charge in [-0.1, -0.05) is 24.9 Å². The van der Waals surface area contributed by atoms with E-state index >= 15 is 0 Å². The van der Waals surface area contributed by atoms with Crippen LogP contribution in [0.5, 0.6) is 0 Å². The topological polar surface area (TPSA) is 21.6 Å². The van der Waals surface area contributed by atoms with Gasteiger partial charge in [-0.3, -0.25) is 0 Å². The molecule has 1 saturated heterocycles. The van der Waals surface area contributed by atoms with Crippen LogP contribution in [0, 0.1) is 5.92 Å². The van der Waals surface area contributed by atoms with Gasteiger partial charge >= 0.3 is 0 Å². The number of hydrogen-bond donors (Lipinski definition) is 0. The number of fused-ring (bicyclic) bond motifs is 1. The van der Waals surface area contributed by atoms with Gasteiger partial charge in [0.05, 0.1) is 5.71 Å². The summed E-state index contributed by atoms with van der Waals surface area (Å²) in [5.41, 5.74) is 1.32. The molecule has 2 rings (SSSR count). The maximum absolute atomic E-state index is 4.96. The van der Waals surface area contributed by atoms with E-state index < -0.39 is 0 Å². The minimum Gasteiger partial charge on any atom is -0.399 e. The molecule has 0 N–H and O–H groups in total. The summed E-state index contributed by atoms with van der Waals surface area (Å²) in [6.07, 6.45) is 6.61. The van der Waals surface area contributed by atoms with Crippen LogP contribution in [0.15, 0.2) is 5.16 Å².